The van der Waals surface area contributed by atoms with Gasteiger partial charge in [0.1, 0.15) is 6.10 Å². The second-order valence-corrected chi connectivity index (χ2v) is 10.3. The molecule has 1 amide bonds. The summed E-state index contributed by atoms with van der Waals surface area (Å²) < 4.78 is 1.80. The molecule has 1 saturated heterocycles. The van der Waals surface area contributed by atoms with E-state index in [1.807, 2.05) is 62.3 Å². The lowest BCUT2D eigenvalue weighted by Gasteiger charge is -2.30. The molecule has 35 heavy (non-hydrogen) atoms. The minimum absolute atomic E-state index is 0.0519. The summed E-state index contributed by atoms with van der Waals surface area (Å²) in [5.41, 5.74) is 3.41. The quantitative estimate of drug-likeness (QED) is 0.413. The number of hydrogen-bond acceptors (Lipinski definition) is 7. The first-order valence-electron chi connectivity index (χ1n) is 12.0. The lowest BCUT2D eigenvalue weighted by molar-refractivity contribution is -0.138. The van der Waals surface area contributed by atoms with E-state index in [1.165, 1.54) is 0 Å². The van der Waals surface area contributed by atoms with Gasteiger partial charge in [-0.1, -0.05) is 25.6 Å². The zero-order valence-electron chi connectivity index (χ0n) is 20.7. The molecule has 1 fully saturated rings. The number of amides is 1. The summed E-state index contributed by atoms with van der Waals surface area (Å²) in [6, 6.07) is 9.79. The highest BCUT2D eigenvalue weighted by Gasteiger charge is 2.37. The van der Waals surface area contributed by atoms with E-state index in [0.29, 0.717) is 12.2 Å². The Morgan fingerprint density at radius 3 is 2.66 bits per heavy atom. The molecule has 0 spiro atoms. The Bertz CT molecular complexity index is 1160. The number of anilines is 1. The molecule has 1 aromatic carbocycles. The Labute approximate surface area is 210 Å². The largest absolute Gasteiger partial charge is 0.386 e. The van der Waals surface area contributed by atoms with Gasteiger partial charge in [0, 0.05) is 42.6 Å². The van der Waals surface area contributed by atoms with Crippen LogP contribution in [0.1, 0.15) is 54.9 Å². The van der Waals surface area contributed by atoms with Crippen LogP contribution in [0.15, 0.2) is 55.0 Å². The third kappa shape index (κ3) is 5.26. The molecule has 2 aromatic heterocycles. The molecule has 4 rings (SSSR count). The number of thiazole rings is 1. The third-order valence-corrected chi connectivity index (χ3v) is 7.69. The van der Waals surface area contributed by atoms with Crippen molar-refractivity contribution in [2.45, 2.75) is 51.8 Å². The Kier molecular flexibility index (Phi) is 7.57. The van der Waals surface area contributed by atoms with E-state index < -0.39 is 12.0 Å². The molecule has 3 aromatic rings. The van der Waals surface area contributed by atoms with E-state index in [2.05, 4.69) is 22.3 Å². The van der Waals surface area contributed by atoms with E-state index in [-0.39, 0.29) is 18.0 Å². The standard InChI is InChI=1S/C26H34N6O2S/c1-16(25(34)31-14-6-8-22(31)23-19(4)35-26(27-5)30-23)24(33)18(3)29-17(2)20-9-11-21(12-10-20)32-15-7-13-28-32/h7,9-13,15-17,22,24,29,33H,3,6,8,14H2,1-2,4-5H3,(H,27,30)/t16-,17-,22-,24-/m1/s1. The number of nitrogens with one attached hydrogen (secondary N) is 2. The topological polar surface area (TPSA) is 95.3 Å². The number of aromatic nitrogens is 3. The molecule has 8 nitrogen and oxygen atoms in total. The molecule has 0 radical (unpaired) electrons. The fourth-order valence-corrected chi connectivity index (χ4v) is 5.44. The maximum Gasteiger partial charge on any atom is 0.228 e. The van der Waals surface area contributed by atoms with E-state index >= 15 is 0 Å². The molecule has 3 heterocycles. The Hall–Kier alpha value is -3.17. The van der Waals surface area contributed by atoms with Crippen molar-refractivity contribution in [2.75, 3.05) is 18.9 Å². The minimum Gasteiger partial charge on any atom is -0.386 e. The summed E-state index contributed by atoms with van der Waals surface area (Å²) in [6.45, 7) is 10.5. The molecule has 0 unspecified atom stereocenters. The third-order valence-electron chi connectivity index (χ3n) is 6.68. The lowest BCUT2D eigenvalue weighted by Crippen LogP contribution is -2.42. The lowest BCUT2D eigenvalue weighted by atomic mass is 9.98. The number of nitrogens with zero attached hydrogens (tertiary/aromatic N) is 4. The molecule has 186 valence electrons. The number of rotatable bonds is 9. The van der Waals surface area contributed by atoms with Crippen LogP contribution < -0.4 is 10.6 Å². The number of carbonyl (C=O) groups is 1. The summed E-state index contributed by atoms with van der Waals surface area (Å²) in [7, 11) is 1.85. The van der Waals surface area contributed by atoms with Crippen LogP contribution in [0.5, 0.6) is 0 Å². The van der Waals surface area contributed by atoms with Crippen molar-refractivity contribution >= 4 is 22.4 Å². The van der Waals surface area contributed by atoms with Crippen LogP contribution in [0, 0.1) is 12.8 Å². The smallest absolute Gasteiger partial charge is 0.228 e. The van der Waals surface area contributed by atoms with Gasteiger partial charge in [-0.25, -0.2) is 9.67 Å². The Morgan fingerprint density at radius 1 is 1.29 bits per heavy atom. The van der Waals surface area contributed by atoms with Crippen molar-refractivity contribution < 1.29 is 9.90 Å². The van der Waals surface area contributed by atoms with Crippen LogP contribution in [-0.4, -0.2) is 50.4 Å². The van der Waals surface area contributed by atoms with Crippen molar-refractivity contribution in [1.29, 1.82) is 0 Å². The van der Waals surface area contributed by atoms with Gasteiger partial charge in [-0.15, -0.1) is 11.3 Å². The van der Waals surface area contributed by atoms with Gasteiger partial charge < -0.3 is 20.6 Å². The number of hydrogen-bond donors (Lipinski definition) is 3. The van der Waals surface area contributed by atoms with Crippen molar-refractivity contribution in [3.8, 4) is 5.69 Å². The molecule has 1 aliphatic heterocycles. The Balaban J connectivity index is 1.39. The maximum absolute atomic E-state index is 13.4. The van der Waals surface area contributed by atoms with Gasteiger partial charge in [-0.2, -0.15) is 5.10 Å². The zero-order valence-corrected chi connectivity index (χ0v) is 21.5. The maximum atomic E-state index is 13.4. The number of aryl methyl sites for hydroxylation is 1. The first-order valence-corrected chi connectivity index (χ1v) is 12.8. The second-order valence-electron chi connectivity index (χ2n) is 9.07. The number of aliphatic hydroxyl groups is 1. The fourth-order valence-electron chi connectivity index (χ4n) is 4.62. The predicted octanol–water partition coefficient (Wildman–Crippen LogP) is 4.20. The number of carbonyl (C=O) groups excluding carboxylic acids is 1. The van der Waals surface area contributed by atoms with Crippen LogP contribution in [0.2, 0.25) is 0 Å². The van der Waals surface area contributed by atoms with Gasteiger partial charge in [0.15, 0.2) is 5.13 Å². The summed E-state index contributed by atoms with van der Waals surface area (Å²) in [5, 5.41) is 22.5. The second kappa shape index (κ2) is 10.6. The summed E-state index contributed by atoms with van der Waals surface area (Å²) in [4.78, 5) is 21.1. The summed E-state index contributed by atoms with van der Waals surface area (Å²) in [5.74, 6) is -0.690. The van der Waals surface area contributed by atoms with Crippen molar-refractivity contribution in [2.24, 2.45) is 5.92 Å². The van der Waals surface area contributed by atoms with E-state index in [4.69, 9.17) is 4.98 Å². The van der Waals surface area contributed by atoms with E-state index in [1.54, 1.807) is 29.1 Å². The average Bonchev–Trinajstić information content (AvgIpc) is 3.63. The van der Waals surface area contributed by atoms with Crippen LogP contribution >= 0.6 is 11.3 Å². The first-order chi connectivity index (χ1) is 16.8. The number of aliphatic hydroxyl groups excluding tert-OH is 1. The van der Waals surface area contributed by atoms with Gasteiger partial charge >= 0.3 is 0 Å². The van der Waals surface area contributed by atoms with E-state index in [0.717, 1.165) is 39.8 Å². The van der Waals surface area contributed by atoms with Gasteiger partial charge in [0.2, 0.25) is 5.91 Å². The zero-order chi connectivity index (χ0) is 25.1. The van der Waals surface area contributed by atoms with Crippen LogP contribution in [0.4, 0.5) is 5.13 Å². The average molecular weight is 495 g/mol. The van der Waals surface area contributed by atoms with Crippen LogP contribution in [0.3, 0.4) is 0 Å². The normalized spacial score (nSPS) is 18.2. The first kappa shape index (κ1) is 24.9. The van der Waals surface area contributed by atoms with Gasteiger partial charge in [0.25, 0.3) is 0 Å². The van der Waals surface area contributed by atoms with Gasteiger partial charge in [-0.05, 0) is 50.5 Å². The van der Waals surface area contributed by atoms with Gasteiger partial charge in [0.05, 0.1) is 23.3 Å². The SMILES string of the molecule is C=C(N[C@H](C)c1ccc(-n2cccn2)cc1)[C@H](O)[C@@H](C)C(=O)N1CCC[C@@H]1c1nc(NC)sc1C. The van der Waals surface area contributed by atoms with Crippen molar-refractivity contribution in [1.82, 2.24) is 25.0 Å². The predicted molar refractivity (Wildman–Crippen MR) is 140 cm³/mol. The minimum atomic E-state index is -1.00. The molecule has 0 saturated carbocycles. The molecule has 0 bridgehead atoms. The molecule has 4 atom stereocenters. The number of benzene rings is 1. The summed E-state index contributed by atoms with van der Waals surface area (Å²) in [6.07, 6.45) is 4.45. The summed E-state index contributed by atoms with van der Waals surface area (Å²) >= 11 is 1.60. The molecule has 9 heteroatoms. The monoisotopic (exact) mass is 494 g/mol. The van der Waals surface area contributed by atoms with Crippen molar-refractivity contribution in [3.05, 3.63) is 71.1 Å². The molecule has 0 aliphatic carbocycles. The van der Waals surface area contributed by atoms with E-state index in [9.17, 15) is 9.90 Å². The highest BCUT2D eigenvalue weighted by atomic mass is 32.1. The number of likely N-dealkylation sites (tertiary alicyclic amines) is 1. The van der Waals surface area contributed by atoms with Crippen molar-refractivity contribution in [3.63, 3.8) is 0 Å². The fraction of sp³-hybridized carbons (Fsp3) is 0.423. The Morgan fingerprint density at radius 2 is 2.03 bits per heavy atom. The van der Waals surface area contributed by atoms with Gasteiger partial charge in [-0.3, -0.25) is 4.79 Å². The molecular formula is C26H34N6O2S. The molecule has 1 aliphatic rings. The van der Waals surface area contributed by atoms with Crippen LogP contribution in [-0.2, 0) is 4.79 Å². The van der Waals surface area contributed by atoms with Crippen LogP contribution in [0.25, 0.3) is 5.69 Å². The molecule has 3 N–H and O–H groups in total. The highest BCUT2D eigenvalue weighted by molar-refractivity contribution is 7.15. The highest BCUT2D eigenvalue weighted by Crippen LogP contribution is 2.37. The molecular weight excluding hydrogens is 460 g/mol.